The predicted molar refractivity (Wildman–Crippen MR) is 544 cm³/mol. The van der Waals surface area contributed by atoms with E-state index in [0.29, 0.717) is 43.4 Å². The number of rotatable bonds is 39. The van der Waals surface area contributed by atoms with Gasteiger partial charge in [0, 0.05) is 132 Å². The van der Waals surface area contributed by atoms with Crippen LogP contribution in [0.4, 0.5) is 52.7 Å². The summed E-state index contributed by atoms with van der Waals surface area (Å²) in [6, 6.07) is -21.5. The molecule has 15 rings (SSSR count). The van der Waals surface area contributed by atoms with Crippen LogP contribution in [0.2, 0.25) is 0 Å². The molecule has 3 amide bonds. The van der Waals surface area contributed by atoms with Crippen molar-refractivity contribution in [3.8, 4) is 33.4 Å². The van der Waals surface area contributed by atoms with Crippen molar-refractivity contribution in [3.63, 3.8) is 0 Å². The summed E-state index contributed by atoms with van der Waals surface area (Å²) in [7, 11) is 0. The van der Waals surface area contributed by atoms with Gasteiger partial charge in [0.1, 0.15) is 36.9 Å². The van der Waals surface area contributed by atoms with Gasteiger partial charge < -0.3 is 43.1 Å². The SMILES string of the molecule is [2H]C([2H])(Sc1nc(=O)c2c(n1C([2H])([2H])C(=O)N(C([2H])(C)c1ccc(-c3ccc(C(F)(F)F)cc3)cc1)C([2H])([2H])C([2H])([2H])N(CC)CC)CCC2)c1ccc(F)cc1.[2H]c1c([2H])c(C([2H])([2H])Sc2nc(=O)c3c(n2C([2H])([2H])C(=O)N(CCN(C([2H])([2H])C)C([2H])([2H])C)C([2H])([2H])c2c([2H])c([2H])c(-c4c([2H])c([2H])c(C(F)(F)F)c(C)c4[2H])c([2H])c2[2H])CCC3)c([2H])c([2H])c1F.[2H]c1c([2H])c(C([2H])([2H])Sc2nc(=O)c3c(n2C([2H])([2H])C(=O)N(CCN(C([2H])([2H])C)C([2H])([2H])C)C([2H])([2H])c2c([2H])c([2H])c(-c4c([2H])c([2H])c(C(F)(F)F)c([2H])c4[2H])c([2H])c2[2H])C([2H])([2H])C([2H])(C)C3([2H])[2H])c([2H])c([2H])c1F. The highest BCUT2D eigenvalue weighted by Gasteiger charge is 2.36. The normalized spacial score (nSPS) is 22.1. The number of hydrogen-bond acceptors (Lipinski definition) is 15. The Labute approximate surface area is 924 Å². The maximum absolute atomic E-state index is 15.4. The van der Waals surface area contributed by atoms with E-state index in [0.717, 1.165) is 82.8 Å². The molecule has 2 atom stereocenters. The van der Waals surface area contributed by atoms with Crippen molar-refractivity contribution >= 4 is 53.0 Å². The second kappa shape index (κ2) is 50.3. The van der Waals surface area contributed by atoms with Gasteiger partial charge in [-0.2, -0.15) is 54.5 Å². The molecule has 0 bridgehead atoms. The zero-order chi connectivity index (χ0) is 154. The first kappa shape index (κ1) is 56.2. The van der Waals surface area contributed by atoms with Crippen LogP contribution in [-0.4, -0.2) is 154 Å². The Morgan fingerprint density at radius 1 is 0.438 bits per heavy atom. The fraction of sp³-hybridized carbons (Fsp3) is 0.378. The molecule has 0 radical (unpaired) electrons. The minimum absolute atomic E-state index is 0.00870. The molecule has 0 aliphatic heterocycles. The minimum Gasteiger partial charge on any atom is -0.336 e. The van der Waals surface area contributed by atoms with Crippen LogP contribution in [0, 0.1) is 30.3 Å². The second-order valence-electron chi connectivity index (χ2n) is 30.2. The highest BCUT2D eigenvalue weighted by Crippen LogP contribution is 2.39. The lowest BCUT2D eigenvalue weighted by Gasteiger charge is -2.33. The van der Waals surface area contributed by atoms with E-state index in [2.05, 4.69) is 15.0 Å². The van der Waals surface area contributed by atoms with Gasteiger partial charge in [-0.25, -0.2) is 13.2 Å². The van der Waals surface area contributed by atoms with Crippen LogP contribution in [0.15, 0.2) is 242 Å². The summed E-state index contributed by atoms with van der Waals surface area (Å²) < 4.78 is 663. The standard InChI is InChI=1S/3C37H40F4N4O2S/c1-4-43(5-2)18-19-44(22-26-6-10-28(11-7-26)29-12-14-30(15-13-29)37(39,40)41)34(46)23-45-33-21-25(3)20-32(33)35(47)42-36(45)48-24-27-8-16-31(38)17-9-27;1-4-43(5-2)21-22-44(25(3)27-11-13-28(14-12-27)29-15-17-30(18-16-29)37(39,40)41)34(46)23-45-33-8-6-7-32(33)35(47)42-36(45)48-24-26-9-19-31(38)20-10-26;1-4-43(5-2)19-20-44(22-26-9-13-28(14-10-26)29-15-18-32(25(3)21-29)37(39,40)41)34(46)23-45-33-8-6-7-31(33)35(47)42-36(45)48-24-27-11-16-30(38)17-12-27/h6-17,25H,4-5,18-24H2,1-3H3;9-20,25H,4-8,21-24H2,1-3H3;9-18,21H,4-8,19-20,22-24H2,1-3H3/i4D2,5D2,6D,7D,8D,9D,10D,11D,12D,13D,14D,15D,16D,17D,20D2,21D2,22D2,23D2,24D2,25D;21D2,22D2,23D2,24D2,25D;4D2,5D2,9D,10D,11D,12D,13D,14D,15D,16D,17D,18D,21D,22D2,23D2,24D2. The lowest BCUT2D eigenvalue weighted by Crippen LogP contribution is -2.42. The average Bonchev–Trinajstić information content (AvgIpc) is 1.51. The van der Waals surface area contributed by atoms with Crippen LogP contribution >= 0.6 is 35.3 Å². The second-order valence-corrected chi connectivity index (χ2v) is 32.5. The maximum atomic E-state index is 15.4. The Balaban J connectivity index is 0.000000244. The third-order valence-corrected chi connectivity index (χ3v) is 23.2. The van der Waals surface area contributed by atoms with Crippen molar-refractivity contribution < 1.29 is 145 Å². The number of thioether (sulfide) groups is 3. The lowest BCUT2D eigenvalue weighted by atomic mass is 9.98. The van der Waals surface area contributed by atoms with Crippen molar-refractivity contribution in [3.05, 3.63) is 350 Å². The summed E-state index contributed by atoms with van der Waals surface area (Å²) in [5.41, 5.74) is -31.5. The molecule has 0 fully saturated rings. The first-order valence-corrected chi connectivity index (χ1v) is 45.4. The zero-order valence-electron chi connectivity index (χ0n) is 134. The highest BCUT2D eigenvalue weighted by atomic mass is 32.2. The molecule has 33 heteroatoms. The molecule has 0 spiro atoms. The number of alkyl halides is 9. The molecule has 3 aromatic heterocycles. The van der Waals surface area contributed by atoms with E-state index in [-0.39, 0.29) is 122 Å². The molecular formula is C111H120F12N12O6S3. The van der Waals surface area contributed by atoms with Gasteiger partial charge in [-0.3, -0.25) is 28.8 Å². The first-order valence-electron chi connectivity index (χ1n) is 71.4. The molecule has 2 unspecified atom stereocenters. The highest BCUT2D eigenvalue weighted by molar-refractivity contribution is 7.98. The van der Waals surface area contributed by atoms with Crippen LogP contribution in [0.3, 0.4) is 0 Å². The predicted octanol–water partition coefficient (Wildman–Crippen LogP) is 22.8. The molecule has 144 heavy (non-hydrogen) atoms. The monoisotopic (exact) mass is 2100 g/mol. The fourth-order valence-electron chi connectivity index (χ4n) is 13.6. The zero-order valence-corrected chi connectivity index (χ0v) is 79.4. The Morgan fingerprint density at radius 2 is 0.833 bits per heavy atom. The van der Waals surface area contributed by atoms with Gasteiger partial charge in [0.15, 0.2) is 15.5 Å². The van der Waals surface area contributed by atoms with Crippen LogP contribution in [0.5, 0.6) is 0 Å². The fourth-order valence-corrected chi connectivity index (χ4v) is 15.6. The molecule has 0 saturated carbocycles. The quantitative estimate of drug-likeness (QED) is 0.0202. The van der Waals surface area contributed by atoms with Gasteiger partial charge in [-0.1, -0.05) is 229 Å². The summed E-state index contributed by atoms with van der Waals surface area (Å²) in [5, 5.41) is -3.18. The molecule has 18 nitrogen and oxygen atoms in total. The van der Waals surface area contributed by atoms with E-state index >= 15 is 14.4 Å². The summed E-state index contributed by atoms with van der Waals surface area (Å²) >= 11 is -0.527. The summed E-state index contributed by atoms with van der Waals surface area (Å²) in [5.74, 6) is -13.5. The van der Waals surface area contributed by atoms with Gasteiger partial charge in [0.05, 0.1) is 72.1 Å². The van der Waals surface area contributed by atoms with Crippen molar-refractivity contribution in [2.75, 3.05) is 78.2 Å². The molecule has 3 aliphatic carbocycles. The number of aromatic nitrogens is 6. The van der Waals surface area contributed by atoms with Gasteiger partial charge in [-0.05, 0) is 249 Å². The lowest BCUT2D eigenvalue weighted by molar-refractivity contribution is -0.138. The molecule has 762 valence electrons. The number of nitrogens with zero attached hydrogens (tertiary/aromatic N) is 12. The van der Waals surface area contributed by atoms with Crippen molar-refractivity contribution in [1.29, 1.82) is 0 Å². The molecule has 0 saturated heterocycles. The summed E-state index contributed by atoms with van der Waals surface area (Å²) in [6.45, 7) is -33.2. The van der Waals surface area contributed by atoms with Gasteiger partial charge in [0.2, 0.25) is 17.7 Å². The molecule has 12 aromatic rings. The van der Waals surface area contributed by atoms with E-state index in [4.69, 9.17) is 60.3 Å². The van der Waals surface area contributed by atoms with Crippen molar-refractivity contribution in [1.82, 2.24) is 58.1 Å². The molecular weight excluding hydrogens is 1920 g/mol. The Bertz CT molecular complexity index is 9670. The average molecular weight is 2100 g/mol. The number of fused-ring (bicyclic) bond motifs is 3. The van der Waals surface area contributed by atoms with E-state index in [1.54, 1.807) is 13.8 Å². The van der Waals surface area contributed by atoms with E-state index in [1.165, 1.54) is 36.4 Å². The maximum Gasteiger partial charge on any atom is 0.416 e. The number of benzene rings is 9. The van der Waals surface area contributed by atoms with Crippen LogP contribution in [0.1, 0.15) is 242 Å². The van der Waals surface area contributed by atoms with Crippen molar-refractivity contribution in [2.45, 2.75) is 203 Å². The largest absolute Gasteiger partial charge is 0.416 e. The number of carbonyl (C=O) groups excluding carboxylic acids is 3. The number of carbonyl (C=O) groups is 3. The van der Waals surface area contributed by atoms with Gasteiger partial charge >= 0.3 is 18.5 Å². The van der Waals surface area contributed by atoms with Crippen molar-refractivity contribution in [2.24, 2.45) is 5.89 Å². The minimum atomic E-state index is -5.50. The number of likely N-dealkylation sites (N-methyl/N-ethyl adjacent to an activating group) is 3. The van der Waals surface area contributed by atoms with Crippen LogP contribution in [0.25, 0.3) is 33.4 Å². The van der Waals surface area contributed by atoms with Gasteiger partial charge in [-0.15, -0.1) is 0 Å². The Kier molecular flexibility index (Phi) is 19.6. The molecule has 3 aliphatic rings. The van der Waals surface area contributed by atoms with Gasteiger partial charge in [0.25, 0.3) is 16.7 Å². The smallest absolute Gasteiger partial charge is 0.336 e. The third kappa shape index (κ3) is 29.1. The molecule has 9 aromatic carbocycles. The Hall–Kier alpha value is -11.9. The van der Waals surface area contributed by atoms with Crippen LogP contribution in [-0.2, 0) is 121 Å². The van der Waals surface area contributed by atoms with E-state index in [1.807, 2.05) is 0 Å². The number of halogens is 12. The number of amides is 3. The summed E-state index contributed by atoms with van der Waals surface area (Å²) in [6.07, 6.45) is -22.2. The molecule has 0 N–H and O–H groups in total. The van der Waals surface area contributed by atoms with E-state index < -0.39 is 454 Å². The number of hydrogen-bond donors (Lipinski definition) is 0. The van der Waals surface area contributed by atoms with Crippen LogP contribution < -0.4 is 16.7 Å². The van der Waals surface area contributed by atoms with E-state index in [9.17, 15) is 84.9 Å². The Morgan fingerprint density at radius 3 is 1.26 bits per heavy atom. The topological polar surface area (TPSA) is 175 Å². The molecule has 3 heterocycles. The first-order chi connectivity index (χ1) is 90.9. The summed E-state index contributed by atoms with van der Waals surface area (Å²) in [4.78, 5) is 98.9. The third-order valence-electron chi connectivity index (χ3n) is 20.9.